The van der Waals surface area contributed by atoms with Crippen molar-refractivity contribution in [1.29, 1.82) is 0 Å². The fraction of sp³-hybridized carbons (Fsp3) is 0.769. The maximum atomic E-state index is 5.86. The highest BCUT2D eigenvalue weighted by atomic mass is 15.1. The highest BCUT2D eigenvalue weighted by Gasteiger charge is 2.12. The molecule has 1 rings (SSSR count). The van der Waals surface area contributed by atoms with Crippen LogP contribution in [0.1, 0.15) is 51.8 Å². The molecule has 16 heavy (non-hydrogen) atoms. The van der Waals surface area contributed by atoms with Crippen molar-refractivity contribution in [2.75, 3.05) is 6.54 Å². The van der Waals surface area contributed by atoms with Crippen molar-refractivity contribution in [3.05, 3.63) is 18.2 Å². The maximum Gasteiger partial charge on any atom is 0.0951 e. The van der Waals surface area contributed by atoms with Crippen molar-refractivity contribution < 1.29 is 0 Å². The van der Waals surface area contributed by atoms with Crippen molar-refractivity contribution in [2.45, 2.75) is 52.5 Å². The summed E-state index contributed by atoms with van der Waals surface area (Å²) < 4.78 is 2.27. The SMILES string of the molecule is CCCCC(CN)n1cncc1CC(C)C. The third kappa shape index (κ3) is 3.63. The Bertz CT molecular complexity index is 291. The van der Waals surface area contributed by atoms with Crippen molar-refractivity contribution in [3.63, 3.8) is 0 Å². The largest absolute Gasteiger partial charge is 0.330 e. The number of hydrogen-bond donors (Lipinski definition) is 1. The van der Waals surface area contributed by atoms with Crippen LogP contribution in [-0.4, -0.2) is 16.1 Å². The van der Waals surface area contributed by atoms with E-state index in [2.05, 4.69) is 30.3 Å². The minimum absolute atomic E-state index is 0.427. The van der Waals surface area contributed by atoms with Crippen molar-refractivity contribution in [2.24, 2.45) is 11.7 Å². The highest BCUT2D eigenvalue weighted by molar-refractivity contribution is 5.01. The Hall–Kier alpha value is -0.830. The van der Waals surface area contributed by atoms with Gasteiger partial charge in [-0.15, -0.1) is 0 Å². The van der Waals surface area contributed by atoms with Gasteiger partial charge < -0.3 is 10.3 Å². The summed E-state index contributed by atoms with van der Waals surface area (Å²) in [5, 5.41) is 0. The number of nitrogens with two attached hydrogens (primary N) is 1. The van der Waals surface area contributed by atoms with Gasteiger partial charge in [-0.2, -0.15) is 0 Å². The number of imidazole rings is 1. The average Bonchev–Trinajstić information content (AvgIpc) is 2.67. The zero-order valence-corrected chi connectivity index (χ0v) is 10.8. The molecule has 0 fully saturated rings. The van der Waals surface area contributed by atoms with E-state index in [9.17, 15) is 0 Å². The Labute approximate surface area is 99.1 Å². The second kappa shape index (κ2) is 6.69. The number of unbranched alkanes of at least 4 members (excludes halogenated alkanes) is 1. The lowest BCUT2D eigenvalue weighted by Crippen LogP contribution is -2.21. The minimum Gasteiger partial charge on any atom is -0.330 e. The van der Waals surface area contributed by atoms with Crippen LogP contribution < -0.4 is 5.73 Å². The van der Waals surface area contributed by atoms with E-state index in [1.165, 1.54) is 18.5 Å². The molecule has 3 heteroatoms. The summed E-state index contributed by atoms with van der Waals surface area (Å²) in [6, 6.07) is 0.427. The van der Waals surface area contributed by atoms with E-state index in [4.69, 9.17) is 5.73 Å². The normalized spacial score (nSPS) is 13.3. The molecule has 0 amide bonds. The Kier molecular flexibility index (Phi) is 5.53. The monoisotopic (exact) mass is 223 g/mol. The van der Waals surface area contributed by atoms with Crippen LogP contribution in [0.25, 0.3) is 0 Å². The van der Waals surface area contributed by atoms with Gasteiger partial charge in [-0.3, -0.25) is 0 Å². The van der Waals surface area contributed by atoms with Gasteiger partial charge >= 0.3 is 0 Å². The molecular weight excluding hydrogens is 198 g/mol. The third-order valence-corrected chi connectivity index (χ3v) is 2.92. The van der Waals surface area contributed by atoms with Crippen LogP contribution in [0.5, 0.6) is 0 Å². The molecule has 1 aromatic heterocycles. The molecule has 0 saturated carbocycles. The van der Waals surface area contributed by atoms with Crippen molar-refractivity contribution in [3.8, 4) is 0 Å². The van der Waals surface area contributed by atoms with Crippen LogP contribution in [0.2, 0.25) is 0 Å². The minimum atomic E-state index is 0.427. The second-order valence-electron chi connectivity index (χ2n) is 4.92. The van der Waals surface area contributed by atoms with Gasteiger partial charge in [-0.05, 0) is 18.8 Å². The molecule has 0 radical (unpaired) electrons. The summed E-state index contributed by atoms with van der Waals surface area (Å²) in [6.07, 6.45) is 8.63. The first-order valence-corrected chi connectivity index (χ1v) is 6.39. The zero-order valence-electron chi connectivity index (χ0n) is 10.8. The summed E-state index contributed by atoms with van der Waals surface area (Å²) in [5.74, 6) is 0.667. The van der Waals surface area contributed by atoms with E-state index in [0.29, 0.717) is 18.5 Å². The number of aromatic nitrogens is 2. The molecule has 0 aliphatic heterocycles. The number of rotatable bonds is 7. The van der Waals surface area contributed by atoms with E-state index >= 15 is 0 Å². The molecule has 1 unspecified atom stereocenters. The molecule has 3 nitrogen and oxygen atoms in total. The van der Waals surface area contributed by atoms with Crippen molar-refractivity contribution in [1.82, 2.24) is 9.55 Å². The lowest BCUT2D eigenvalue weighted by atomic mass is 10.1. The molecule has 1 atom stereocenters. The van der Waals surface area contributed by atoms with Gasteiger partial charge in [0.05, 0.1) is 6.33 Å². The van der Waals surface area contributed by atoms with E-state index < -0.39 is 0 Å². The molecule has 0 aliphatic rings. The summed E-state index contributed by atoms with van der Waals surface area (Å²) >= 11 is 0. The quantitative estimate of drug-likeness (QED) is 0.772. The molecule has 0 saturated heterocycles. The lowest BCUT2D eigenvalue weighted by Gasteiger charge is -2.19. The summed E-state index contributed by atoms with van der Waals surface area (Å²) in [6.45, 7) is 7.40. The third-order valence-electron chi connectivity index (χ3n) is 2.92. The summed E-state index contributed by atoms with van der Waals surface area (Å²) in [4.78, 5) is 4.26. The number of hydrogen-bond acceptors (Lipinski definition) is 2. The van der Waals surface area contributed by atoms with E-state index in [0.717, 1.165) is 12.8 Å². The predicted molar refractivity (Wildman–Crippen MR) is 68.4 cm³/mol. The van der Waals surface area contributed by atoms with Gasteiger partial charge in [-0.1, -0.05) is 33.6 Å². The van der Waals surface area contributed by atoms with Crippen LogP contribution in [0.3, 0.4) is 0 Å². The van der Waals surface area contributed by atoms with Crippen LogP contribution in [0.4, 0.5) is 0 Å². The molecule has 1 heterocycles. The molecule has 0 bridgehead atoms. The van der Waals surface area contributed by atoms with E-state index in [1.807, 2.05) is 12.5 Å². The zero-order chi connectivity index (χ0) is 12.0. The van der Waals surface area contributed by atoms with Crippen LogP contribution in [0, 0.1) is 5.92 Å². The second-order valence-corrected chi connectivity index (χ2v) is 4.92. The van der Waals surface area contributed by atoms with Crippen molar-refractivity contribution >= 4 is 0 Å². The Morgan fingerprint density at radius 1 is 1.44 bits per heavy atom. The molecule has 0 spiro atoms. The maximum absolute atomic E-state index is 5.86. The first-order chi connectivity index (χ1) is 7.69. The Morgan fingerprint density at radius 3 is 2.75 bits per heavy atom. The smallest absolute Gasteiger partial charge is 0.0951 e. The van der Waals surface area contributed by atoms with Gasteiger partial charge in [0.25, 0.3) is 0 Å². The molecular formula is C13H25N3. The fourth-order valence-corrected chi connectivity index (χ4v) is 2.05. The van der Waals surface area contributed by atoms with Crippen LogP contribution >= 0.6 is 0 Å². The van der Waals surface area contributed by atoms with Gasteiger partial charge in [0.15, 0.2) is 0 Å². The summed E-state index contributed by atoms with van der Waals surface area (Å²) in [5.41, 5.74) is 7.18. The molecule has 92 valence electrons. The molecule has 0 aliphatic carbocycles. The standard InChI is InChI=1S/C13H25N3/c1-4-5-6-12(8-14)16-10-15-9-13(16)7-11(2)3/h9-12H,4-8,14H2,1-3H3. The van der Waals surface area contributed by atoms with E-state index in [-0.39, 0.29) is 0 Å². The first-order valence-electron chi connectivity index (χ1n) is 6.39. The molecule has 2 N–H and O–H groups in total. The Morgan fingerprint density at radius 2 is 2.19 bits per heavy atom. The molecule has 1 aromatic rings. The van der Waals surface area contributed by atoms with Crippen LogP contribution in [0.15, 0.2) is 12.5 Å². The highest BCUT2D eigenvalue weighted by Crippen LogP contribution is 2.18. The average molecular weight is 223 g/mol. The van der Waals surface area contributed by atoms with Crippen LogP contribution in [-0.2, 0) is 6.42 Å². The number of nitrogens with zero attached hydrogens (tertiary/aromatic N) is 2. The van der Waals surface area contributed by atoms with Gasteiger partial charge in [0.1, 0.15) is 0 Å². The predicted octanol–water partition coefficient (Wildman–Crippen LogP) is 2.77. The van der Waals surface area contributed by atoms with E-state index in [1.54, 1.807) is 0 Å². The topological polar surface area (TPSA) is 43.8 Å². The van der Waals surface area contributed by atoms with Gasteiger partial charge in [0, 0.05) is 24.5 Å². The van der Waals surface area contributed by atoms with Gasteiger partial charge in [-0.25, -0.2) is 4.98 Å². The van der Waals surface area contributed by atoms with Gasteiger partial charge in [0.2, 0.25) is 0 Å². The first kappa shape index (κ1) is 13.2. The summed E-state index contributed by atoms with van der Waals surface area (Å²) in [7, 11) is 0. The lowest BCUT2D eigenvalue weighted by molar-refractivity contribution is 0.437. The Balaban J connectivity index is 2.71. The molecule has 0 aromatic carbocycles. The fourth-order valence-electron chi connectivity index (χ4n) is 2.05.